The van der Waals surface area contributed by atoms with E-state index in [-0.39, 0.29) is 12.1 Å². The molecular formula is C17H24BrClN2O2. The van der Waals surface area contributed by atoms with Gasteiger partial charge in [0.2, 0.25) is 0 Å². The molecule has 23 heavy (non-hydrogen) atoms. The lowest BCUT2D eigenvalue weighted by Gasteiger charge is -2.24. The van der Waals surface area contributed by atoms with E-state index >= 15 is 0 Å². The Morgan fingerprint density at radius 2 is 2.13 bits per heavy atom. The van der Waals surface area contributed by atoms with Crippen LogP contribution < -0.4 is 10.6 Å². The zero-order valence-electron chi connectivity index (χ0n) is 13.8. The van der Waals surface area contributed by atoms with Crippen molar-refractivity contribution in [2.45, 2.75) is 51.8 Å². The number of amides is 1. The smallest absolute Gasteiger partial charge is 0.407 e. The number of ether oxygens (including phenoxy) is 1. The largest absolute Gasteiger partial charge is 0.444 e. The summed E-state index contributed by atoms with van der Waals surface area (Å²) in [6.07, 6.45) is 1.98. The average Bonchev–Trinajstić information content (AvgIpc) is 3.22. The predicted octanol–water partition coefficient (Wildman–Crippen LogP) is 4.50. The molecule has 128 valence electrons. The van der Waals surface area contributed by atoms with Gasteiger partial charge < -0.3 is 15.4 Å². The maximum atomic E-state index is 11.9. The second kappa shape index (κ2) is 7.86. The Morgan fingerprint density at radius 1 is 1.43 bits per heavy atom. The first kappa shape index (κ1) is 18.6. The molecule has 1 atom stereocenters. The quantitative estimate of drug-likeness (QED) is 0.735. The molecule has 1 unspecified atom stereocenters. The summed E-state index contributed by atoms with van der Waals surface area (Å²) in [6.45, 7) is 7.05. The van der Waals surface area contributed by atoms with Crippen LogP contribution in [0.15, 0.2) is 22.7 Å². The first-order valence-corrected chi connectivity index (χ1v) is 9.06. The fourth-order valence-electron chi connectivity index (χ4n) is 2.32. The summed E-state index contributed by atoms with van der Waals surface area (Å²) in [6, 6.07) is 5.86. The topological polar surface area (TPSA) is 50.4 Å². The highest BCUT2D eigenvalue weighted by Gasteiger charge is 2.33. The molecule has 1 fully saturated rings. The number of nitrogens with one attached hydrogen (secondary N) is 2. The number of benzene rings is 1. The Labute approximate surface area is 151 Å². The third kappa shape index (κ3) is 6.69. The molecule has 0 aliphatic heterocycles. The summed E-state index contributed by atoms with van der Waals surface area (Å²) >= 11 is 9.46. The molecule has 0 bridgehead atoms. The molecule has 6 heteroatoms. The van der Waals surface area contributed by atoms with E-state index in [1.165, 1.54) is 0 Å². The number of halogens is 2. The Balaban J connectivity index is 1.82. The molecule has 1 aliphatic rings. The lowest BCUT2D eigenvalue weighted by Crippen LogP contribution is -2.45. The third-order valence-electron chi connectivity index (χ3n) is 3.59. The van der Waals surface area contributed by atoms with Crippen LogP contribution >= 0.6 is 27.5 Å². The first-order chi connectivity index (χ1) is 10.7. The maximum Gasteiger partial charge on any atom is 0.407 e. The third-order valence-corrected chi connectivity index (χ3v) is 4.56. The van der Waals surface area contributed by atoms with Crippen LogP contribution in [0.3, 0.4) is 0 Å². The monoisotopic (exact) mass is 402 g/mol. The highest BCUT2D eigenvalue weighted by atomic mass is 79.9. The minimum atomic E-state index is -0.472. The van der Waals surface area contributed by atoms with Crippen molar-refractivity contribution in [3.8, 4) is 0 Å². The number of hydrogen-bond acceptors (Lipinski definition) is 3. The van der Waals surface area contributed by atoms with Gasteiger partial charge in [-0.3, -0.25) is 0 Å². The Kier molecular flexibility index (Phi) is 6.34. The van der Waals surface area contributed by atoms with Crippen LogP contribution in [-0.4, -0.2) is 24.3 Å². The molecule has 4 nitrogen and oxygen atoms in total. The lowest BCUT2D eigenvalue weighted by atomic mass is 10.1. The molecule has 0 radical (unpaired) electrons. The van der Waals surface area contributed by atoms with Crippen LogP contribution in [0, 0.1) is 5.92 Å². The van der Waals surface area contributed by atoms with Gasteiger partial charge in [0.25, 0.3) is 0 Å². The van der Waals surface area contributed by atoms with Crippen LogP contribution in [-0.2, 0) is 11.3 Å². The van der Waals surface area contributed by atoms with Gasteiger partial charge in [0.1, 0.15) is 5.60 Å². The zero-order valence-corrected chi connectivity index (χ0v) is 16.1. The SMILES string of the molecule is CC(C)(C)OC(=O)NC(CNCc1ccc(Cl)cc1Br)C1CC1. The van der Waals surface area contributed by atoms with Gasteiger partial charge in [-0.05, 0) is 57.2 Å². The summed E-state index contributed by atoms with van der Waals surface area (Å²) in [5.41, 5.74) is 0.668. The van der Waals surface area contributed by atoms with Crippen LogP contribution in [0.5, 0.6) is 0 Å². The van der Waals surface area contributed by atoms with Crippen molar-refractivity contribution in [2.24, 2.45) is 5.92 Å². The molecule has 0 aromatic heterocycles. The van der Waals surface area contributed by atoms with Gasteiger partial charge in [0.05, 0.1) is 0 Å². The molecule has 1 aliphatic carbocycles. The van der Waals surface area contributed by atoms with Crippen molar-refractivity contribution in [2.75, 3.05) is 6.54 Å². The first-order valence-electron chi connectivity index (χ1n) is 7.89. The van der Waals surface area contributed by atoms with Gasteiger partial charge in [-0.2, -0.15) is 0 Å². The van der Waals surface area contributed by atoms with Crippen molar-refractivity contribution < 1.29 is 9.53 Å². The molecule has 1 aromatic rings. The molecule has 1 aromatic carbocycles. The second-order valence-corrected chi connectivity index (χ2v) is 8.25. The Bertz CT molecular complexity index is 556. The van der Waals surface area contributed by atoms with E-state index in [0.29, 0.717) is 10.9 Å². The van der Waals surface area contributed by atoms with Gasteiger partial charge in [0, 0.05) is 28.6 Å². The zero-order chi connectivity index (χ0) is 17.0. The van der Waals surface area contributed by atoms with Gasteiger partial charge in [-0.15, -0.1) is 0 Å². The summed E-state index contributed by atoms with van der Waals surface area (Å²) in [5, 5.41) is 7.11. The summed E-state index contributed by atoms with van der Waals surface area (Å²) < 4.78 is 6.33. The number of carbonyl (C=O) groups excluding carboxylic acids is 1. The summed E-state index contributed by atoms with van der Waals surface area (Å²) in [4.78, 5) is 11.9. The standard InChI is InChI=1S/C17H24BrClN2O2/c1-17(2,3)23-16(22)21-15(11-4-5-11)10-20-9-12-6-7-13(19)8-14(12)18/h6-8,11,15,20H,4-5,9-10H2,1-3H3,(H,21,22). The summed E-state index contributed by atoms with van der Waals surface area (Å²) in [7, 11) is 0. The average molecular weight is 404 g/mol. The van der Waals surface area contributed by atoms with E-state index in [1.807, 2.05) is 39.0 Å². The van der Waals surface area contributed by atoms with Gasteiger partial charge >= 0.3 is 6.09 Å². The molecule has 2 rings (SSSR count). The van der Waals surface area contributed by atoms with E-state index in [1.54, 1.807) is 0 Å². The van der Waals surface area contributed by atoms with Gasteiger partial charge in [-0.1, -0.05) is 33.6 Å². The van der Waals surface area contributed by atoms with E-state index < -0.39 is 5.60 Å². The maximum absolute atomic E-state index is 11.9. The van der Waals surface area contributed by atoms with Crippen LogP contribution in [0.4, 0.5) is 4.79 Å². The van der Waals surface area contributed by atoms with Crippen molar-refractivity contribution in [3.05, 3.63) is 33.3 Å². The molecule has 0 saturated heterocycles. The van der Waals surface area contributed by atoms with E-state index in [2.05, 4.69) is 26.6 Å². The second-order valence-electron chi connectivity index (χ2n) is 6.96. The Hall–Kier alpha value is -0.780. The lowest BCUT2D eigenvalue weighted by molar-refractivity contribution is 0.0497. The van der Waals surface area contributed by atoms with Crippen LogP contribution in [0.1, 0.15) is 39.2 Å². The van der Waals surface area contributed by atoms with Crippen LogP contribution in [0.25, 0.3) is 0 Å². The molecule has 0 spiro atoms. The van der Waals surface area contributed by atoms with Crippen LogP contribution in [0.2, 0.25) is 5.02 Å². The predicted molar refractivity (Wildman–Crippen MR) is 96.7 cm³/mol. The summed E-state index contributed by atoms with van der Waals surface area (Å²) in [5.74, 6) is 0.545. The van der Waals surface area contributed by atoms with Gasteiger partial charge in [-0.25, -0.2) is 4.79 Å². The van der Waals surface area contributed by atoms with E-state index in [0.717, 1.165) is 36.0 Å². The van der Waals surface area contributed by atoms with Crippen molar-refractivity contribution in [3.63, 3.8) is 0 Å². The molecule has 1 amide bonds. The fourth-order valence-corrected chi connectivity index (χ4v) is 3.14. The highest BCUT2D eigenvalue weighted by Crippen LogP contribution is 2.32. The van der Waals surface area contributed by atoms with Crippen molar-refractivity contribution in [1.82, 2.24) is 10.6 Å². The molecular weight excluding hydrogens is 380 g/mol. The van der Waals surface area contributed by atoms with E-state index in [9.17, 15) is 4.79 Å². The highest BCUT2D eigenvalue weighted by molar-refractivity contribution is 9.10. The minimum Gasteiger partial charge on any atom is -0.444 e. The molecule has 2 N–H and O–H groups in total. The molecule has 0 heterocycles. The number of rotatable bonds is 6. The van der Waals surface area contributed by atoms with Crippen molar-refractivity contribution >= 4 is 33.6 Å². The van der Waals surface area contributed by atoms with Crippen molar-refractivity contribution in [1.29, 1.82) is 0 Å². The number of carbonyl (C=O) groups is 1. The van der Waals surface area contributed by atoms with E-state index in [4.69, 9.17) is 16.3 Å². The normalized spacial score (nSPS) is 16.0. The van der Waals surface area contributed by atoms with Gasteiger partial charge in [0.15, 0.2) is 0 Å². The number of hydrogen-bond donors (Lipinski definition) is 2. The number of alkyl carbamates (subject to hydrolysis) is 1. The fraction of sp³-hybridized carbons (Fsp3) is 0.588. The Morgan fingerprint density at radius 3 is 2.70 bits per heavy atom. The molecule has 1 saturated carbocycles. The minimum absolute atomic E-state index is 0.107.